The fourth-order valence-corrected chi connectivity index (χ4v) is 1.87. The molecule has 0 fully saturated rings. The van der Waals surface area contributed by atoms with Crippen molar-refractivity contribution >= 4 is 5.97 Å². The van der Waals surface area contributed by atoms with Crippen molar-refractivity contribution in [2.45, 2.75) is 13.2 Å². The van der Waals surface area contributed by atoms with E-state index in [-0.39, 0.29) is 19.0 Å². The minimum atomic E-state index is -1.02. The Morgan fingerprint density at radius 2 is 2.05 bits per heavy atom. The van der Waals surface area contributed by atoms with Gasteiger partial charge in [-0.15, -0.1) is 0 Å². The number of carbonyl (C=O) groups is 1. The Balaban J connectivity index is 1.55. The van der Waals surface area contributed by atoms with Crippen molar-refractivity contribution in [2.75, 3.05) is 6.79 Å². The highest BCUT2D eigenvalue weighted by Crippen LogP contribution is 2.32. The Hall–Kier alpha value is -2.47. The zero-order valence-electron chi connectivity index (χ0n) is 10.5. The molecule has 0 bridgehead atoms. The van der Waals surface area contributed by atoms with Gasteiger partial charge in [-0.25, -0.2) is 4.79 Å². The lowest BCUT2D eigenvalue weighted by Crippen LogP contribution is -1.94. The van der Waals surface area contributed by atoms with Gasteiger partial charge < -0.3 is 23.7 Å². The fourth-order valence-electron chi connectivity index (χ4n) is 1.87. The lowest BCUT2D eigenvalue weighted by molar-refractivity contribution is 0.0696. The van der Waals surface area contributed by atoms with Crippen LogP contribution in [0.5, 0.6) is 11.5 Å². The number of hydrogen-bond acceptors (Lipinski definition) is 5. The molecule has 2 heterocycles. The van der Waals surface area contributed by atoms with Crippen molar-refractivity contribution in [3.63, 3.8) is 0 Å². The van der Waals surface area contributed by atoms with E-state index >= 15 is 0 Å². The highest BCUT2D eigenvalue weighted by atomic mass is 16.7. The standard InChI is InChI=1S/C14H12O6/c15-14(16)10-4-11(18-6-10)7-17-5-9-1-2-12-13(3-9)20-8-19-12/h1-4,6H,5,7-8H2,(H,15,16). The van der Waals surface area contributed by atoms with E-state index in [4.69, 9.17) is 23.7 Å². The number of benzene rings is 1. The van der Waals surface area contributed by atoms with Gasteiger partial charge in [-0.2, -0.15) is 0 Å². The van der Waals surface area contributed by atoms with Gasteiger partial charge in [0, 0.05) is 0 Å². The minimum absolute atomic E-state index is 0.117. The summed E-state index contributed by atoms with van der Waals surface area (Å²) in [5.74, 6) is 0.891. The molecule has 1 N–H and O–H groups in total. The number of carboxylic acids is 1. The summed E-state index contributed by atoms with van der Waals surface area (Å²) < 4.78 is 21.1. The van der Waals surface area contributed by atoms with Crippen LogP contribution in [0.3, 0.4) is 0 Å². The SMILES string of the molecule is O=C(O)c1coc(COCc2ccc3c(c2)OCO3)c1. The second-order valence-electron chi connectivity index (χ2n) is 4.29. The third-order valence-electron chi connectivity index (χ3n) is 2.85. The third-order valence-corrected chi connectivity index (χ3v) is 2.85. The Labute approximate surface area is 114 Å². The van der Waals surface area contributed by atoms with Crippen LogP contribution in [0.2, 0.25) is 0 Å². The average molecular weight is 276 g/mol. The first-order valence-corrected chi connectivity index (χ1v) is 5.99. The number of fused-ring (bicyclic) bond motifs is 1. The monoisotopic (exact) mass is 276 g/mol. The van der Waals surface area contributed by atoms with E-state index in [1.54, 1.807) is 0 Å². The van der Waals surface area contributed by atoms with E-state index in [1.165, 1.54) is 12.3 Å². The molecule has 1 aromatic heterocycles. The number of hydrogen-bond donors (Lipinski definition) is 1. The highest BCUT2D eigenvalue weighted by Gasteiger charge is 2.13. The van der Waals surface area contributed by atoms with Gasteiger partial charge in [0.25, 0.3) is 0 Å². The van der Waals surface area contributed by atoms with E-state index < -0.39 is 5.97 Å². The lowest BCUT2D eigenvalue weighted by atomic mass is 10.2. The first kappa shape index (κ1) is 12.6. The number of aromatic carboxylic acids is 1. The summed E-state index contributed by atoms with van der Waals surface area (Å²) in [4.78, 5) is 10.7. The van der Waals surface area contributed by atoms with Crippen molar-refractivity contribution in [1.82, 2.24) is 0 Å². The van der Waals surface area contributed by atoms with E-state index in [0.29, 0.717) is 18.1 Å². The molecular formula is C14H12O6. The summed E-state index contributed by atoms with van der Waals surface area (Å²) in [5.41, 5.74) is 1.06. The van der Waals surface area contributed by atoms with Gasteiger partial charge in [-0.05, 0) is 23.8 Å². The second kappa shape index (κ2) is 5.26. The molecule has 0 atom stereocenters. The molecule has 0 spiro atoms. The van der Waals surface area contributed by atoms with Gasteiger partial charge in [0.2, 0.25) is 6.79 Å². The second-order valence-corrected chi connectivity index (χ2v) is 4.29. The van der Waals surface area contributed by atoms with Crippen LogP contribution in [0.25, 0.3) is 0 Å². The summed E-state index contributed by atoms with van der Waals surface area (Å²) >= 11 is 0. The molecule has 1 aliphatic rings. The van der Waals surface area contributed by atoms with Crippen molar-refractivity contribution in [2.24, 2.45) is 0 Å². The molecule has 1 aromatic carbocycles. The molecule has 3 rings (SSSR count). The average Bonchev–Trinajstić information content (AvgIpc) is 3.06. The van der Waals surface area contributed by atoms with E-state index in [1.807, 2.05) is 18.2 Å². The predicted molar refractivity (Wildman–Crippen MR) is 66.7 cm³/mol. The van der Waals surface area contributed by atoms with Crippen molar-refractivity contribution in [3.8, 4) is 11.5 Å². The van der Waals surface area contributed by atoms with Gasteiger partial charge in [0.15, 0.2) is 11.5 Å². The zero-order valence-corrected chi connectivity index (χ0v) is 10.5. The largest absolute Gasteiger partial charge is 0.478 e. The number of ether oxygens (including phenoxy) is 3. The lowest BCUT2D eigenvalue weighted by Gasteiger charge is -2.03. The van der Waals surface area contributed by atoms with Crippen LogP contribution in [0, 0.1) is 0 Å². The number of furan rings is 1. The minimum Gasteiger partial charge on any atom is -0.478 e. The fraction of sp³-hybridized carbons (Fsp3) is 0.214. The first-order chi connectivity index (χ1) is 9.72. The van der Waals surface area contributed by atoms with Crippen molar-refractivity contribution in [1.29, 1.82) is 0 Å². The normalized spacial score (nSPS) is 12.6. The van der Waals surface area contributed by atoms with E-state index in [0.717, 1.165) is 11.3 Å². The summed E-state index contributed by atoms with van der Waals surface area (Å²) in [5, 5.41) is 8.76. The van der Waals surface area contributed by atoms with E-state index in [2.05, 4.69) is 0 Å². The van der Waals surface area contributed by atoms with Gasteiger partial charge in [0.1, 0.15) is 18.6 Å². The molecule has 0 saturated carbocycles. The summed E-state index contributed by atoms with van der Waals surface area (Å²) in [7, 11) is 0. The predicted octanol–water partition coefficient (Wildman–Crippen LogP) is 2.42. The maximum atomic E-state index is 10.7. The van der Waals surface area contributed by atoms with Crippen LogP contribution < -0.4 is 9.47 Å². The molecule has 104 valence electrons. The maximum Gasteiger partial charge on any atom is 0.338 e. The quantitative estimate of drug-likeness (QED) is 0.903. The Morgan fingerprint density at radius 3 is 2.85 bits per heavy atom. The molecule has 0 saturated heterocycles. The van der Waals surface area contributed by atoms with Crippen LogP contribution >= 0.6 is 0 Å². The molecule has 6 nitrogen and oxygen atoms in total. The molecule has 0 aliphatic carbocycles. The van der Waals surface area contributed by atoms with Crippen LogP contribution in [-0.4, -0.2) is 17.9 Å². The number of rotatable bonds is 5. The molecule has 1 aliphatic heterocycles. The molecular weight excluding hydrogens is 264 g/mol. The molecule has 0 unspecified atom stereocenters. The zero-order chi connectivity index (χ0) is 13.9. The van der Waals surface area contributed by atoms with Gasteiger partial charge in [-0.1, -0.05) is 6.07 Å². The third kappa shape index (κ3) is 2.60. The summed E-state index contributed by atoms with van der Waals surface area (Å²) in [6.45, 7) is 0.825. The molecule has 0 radical (unpaired) electrons. The van der Waals surface area contributed by atoms with Gasteiger partial charge in [-0.3, -0.25) is 0 Å². The molecule has 0 amide bonds. The van der Waals surface area contributed by atoms with Crippen molar-refractivity contribution < 1.29 is 28.5 Å². The smallest absolute Gasteiger partial charge is 0.338 e. The highest BCUT2D eigenvalue weighted by molar-refractivity contribution is 5.87. The number of carboxylic acid groups (broad SMARTS) is 1. The first-order valence-electron chi connectivity index (χ1n) is 5.99. The topological polar surface area (TPSA) is 78.1 Å². The van der Waals surface area contributed by atoms with Gasteiger partial charge >= 0.3 is 5.97 Å². The van der Waals surface area contributed by atoms with Crippen LogP contribution in [0.15, 0.2) is 34.9 Å². The van der Waals surface area contributed by atoms with Crippen molar-refractivity contribution in [3.05, 3.63) is 47.4 Å². The Kier molecular flexibility index (Phi) is 3.30. The van der Waals surface area contributed by atoms with Gasteiger partial charge in [0.05, 0.1) is 12.2 Å². The summed E-state index contributed by atoms with van der Waals surface area (Å²) in [6, 6.07) is 7.02. The maximum absolute atomic E-state index is 10.7. The van der Waals surface area contributed by atoms with Crippen LogP contribution in [-0.2, 0) is 18.0 Å². The van der Waals surface area contributed by atoms with E-state index in [9.17, 15) is 4.79 Å². The molecule has 2 aromatic rings. The molecule has 20 heavy (non-hydrogen) atoms. The van der Waals surface area contributed by atoms with Crippen LogP contribution in [0.1, 0.15) is 21.7 Å². The Bertz CT molecular complexity index is 630. The molecule has 6 heteroatoms. The Morgan fingerprint density at radius 1 is 1.20 bits per heavy atom. The summed E-state index contributed by atoms with van der Waals surface area (Å²) in [6.07, 6.45) is 1.20. The van der Waals surface area contributed by atoms with Crippen LogP contribution in [0.4, 0.5) is 0 Å².